The number of fused-ring (bicyclic) bond motifs is 1. The van der Waals surface area contributed by atoms with Crippen molar-refractivity contribution in [3.63, 3.8) is 0 Å². The van der Waals surface area contributed by atoms with E-state index in [1.807, 2.05) is 6.07 Å². The van der Waals surface area contributed by atoms with Gasteiger partial charge in [0.05, 0.1) is 16.5 Å². The minimum atomic E-state index is -4.36. The molecule has 4 nitrogen and oxygen atoms in total. The van der Waals surface area contributed by atoms with Gasteiger partial charge in [0.15, 0.2) is 0 Å². The van der Waals surface area contributed by atoms with Gasteiger partial charge in [0.2, 0.25) is 0 Å². The maximum atomic E-state index is 12.6. The predicted molar refractivity (Wildman–Crippen MR) is 104 cm³/mol. The fourth-order valence-corrected chi connectivity index (χ4v) is 2.91. The number of ether oxygens (including phenoxy) is 1. The summed E-state index contributed by atoms with van der Waals surface area (Å²) in [5.41, 5.74) is 0.928. The molecule has 0 aliphatic rings. The topological polar surface area (TPSA) is 55.0 Å². The van der Waals surface area contributed by atoms with E-state index in [9.17, 15) is 18.0 Å². The van der Waals surface area contributed by atoms with Gasteiger partial charge in [-0.25, -0.2) is 4.98 Å². The number of hydrogen-bond acceptors (Lipinski definition) is 3. The average molecular weight is 396 g/mol. The first-order chi connectivity index (χ1) is 13.9. The number of aromatic nitrogens is 2. The number of nitrogens with one attached hydrogen (secondary N) is 1. The number of hydrogen-bond donors (Lipinski definition) is 1. The second-order valence-electron chi connectivity index (χ2n) is 6.44. The maximum Gasteiger partial charge on any atom is 0.416 e. The Bertz CT molecular complexity index is 1220. The van der Waals surface area contributed by atoms with Crippen LogP contribution in [0.4, 0.5) is 13.2 Å². The molecule has 1 heterocycles. The molecule has 0 aliphatic heterocycles. The zero-order valence-corrected chi connectivity index (χ0v) is 15.0. The highest BCUT2D eigenvalue weighted by molar-refractivity contribution is 5.79. The Hall–Kier alpha value is -3.61. The van der Waals surface area contributed by atoms with Crippen molar-refractivity contribution in [2.45, 2.75) is 12.8 Å². The molecule has 0 fully saturated rings. The van der Waals surface area contributed by atoms with Crippen molar-refractivity contribution in [1.29, 1.82) is 0 Å². The smallest absolute Gasteiger partial charge is 0.416 e. The van der Waals surface area contributed by atoms with E-state index < -0.39 is 11.7 Å². The molecule has 0 spiro atoms. The summed E-state index contributed by atoms with van der Waals surface area (Å²) in [5.74, 6) is 0.923. The summed E-state index contributed by atoms with van der Waals surface area (Å²) in [6.07, 6.45) is -4.36. The zero-order chi connectivity index (χ0) is 20.4. The van der Waals surface area contributed by atoms with Gasteiger partial charge in [0, 0.05) is 5.56 Å². The van der Waals surface area contributed by atoms with Gasteiger partial charge in [0.25, 0.3) is 5.56 Å². The molecule has 7 heteroatoms. The monoisotopic (exact) mass is 396 g/mol. The number of alkyl halides is 3. The van der Waals surface area contributed by atoms with Gasteiger partial charge in [-0.15, -0.1) is 0 Å². The molecule has 1 N–H and O–H groups in total. The lowest BCUT2D eigenvalue weighted by atomic mass is 10.1. The quantitative estimate of drug-likeness (QED) is 0.517. The number of benzene rings is 3. The molecular weight excluding hydrogens is 381 g/mol. The Kier molecular flexibility index (Phi) is 4.80. The molecule has 0 saturated carbocycles. The van der Waals surface area contributed by atoms with Gasteiger partial charge in [-0.2, -0.15) is 13.2 Å². The molecule has 4 aromatic rings. The lowest BCUT2D eigenvalue weighted by Crippen LogP contribution is -2.09. The Morgan fingerprint density at radius 2 is 1.69 bits per heavy atom. The summed E-state index contributed by atoms with van der Waals surface area (Å²) in [4.78, 5) is 19.5. The van der Waals surface area contributed by atoms with E-state index in [1.165, 1.54) is 12.1 Å². The normalized spacial score (nSPS) is 11.6. The number of para-hydroxylation sites is 1. The van der Waals surface area contributed by atoms with Crippen LogP contribution in [0.2, 0.25) is 0 Å². The molecule has 3 aromatic carbocycles. The van der Waals surface area contributed by atoms with Crippen molar-refractivity contribution in [3.05, 3.63) is 94.3 Å². The summed E-state index contributed by atoms with van der Waals surface area (Å²) < 4.78 is 43.6. The Morgan fingerprint density at radius 1 is 0.931 bits per heavy atom. The number of halogens is 3. The molecule has 0 bridgehead atoms. The molecular formula is C22H15F3N2O2. The number of aromatic amines is 1. The molecule has 0 radical (unpaired) electrons. The highest BCUT2D eigenvalue weighted by Crippen LogP contribution is 2.29. The second kappa shape index (κ2) is 7.43. The maximum absolute atomic E-state index is 12.6. The van der Waals surface area contributed by atoms with Gasteiger partial charge in [-0.05, 0) is 42.0 Å². The number of rotatable bonds is 4. The summed E-state index contributed by atoms with van der Waals surface area (Å²) in [5, 5.41) is 0.506. The van der Waals surface area contributed by atoms with Crippen molar-refractivity contribution in [2.75, 3.05) is 0 Å². The minimum Gasteiger partial charge on any atom is -0.489 e. The van der Waals surface area contributed by atoms with Crippen molar-refractivity contribution in [1.82, 2.24) is 9.97 Å². The molecule has 29 heavy (non-hydrogen) atoms. The Balaban J connectivity index is 1.54. The Labute approximate surface area is 163 Å². The standard InChI is InChI=1S/C22H15F3N2O2/c23-22(24,25)16-10-8-14(9-11-16)13-29-17-5-3-4-15(12-17)20-26-19-7-2-1-6-18(19)21(28)27-20/h1-12H,13H2,(H,26,27,28). The fourth-order valence-electron chi connectivity index (χ4n) is 2.91. The van der Waals surface area contributed by atoms with Crippen LogP contribution in [0.15, 0.2) is 77.6 Å². The van der Waals surface area contributed by atoms with Gasteiger partial charge in [0.1, 0.15) is 18.2 Å². The third kappa shape index (κ3) is 4.13. The third-order valence-corrected chi connectivity index (χ3v) is 4.41. The van der Waals surface area contributed by atoms with E-state index in [1.54, 1.807) is 42.5 Å². The van der Waals surface area contributed by atoms with Gasteiger partial charge in [-0.3, -0.25) is 4.79 Å². The van der Waals surface area contributed by atoms with E-state index in [2.05, 4.69) is 9.97 Å². The molecule has 0 aliphatic carbocycles. The Morgan fingerprint density at radius 3 is 2.45 bits per heavy atom. The molecule has 0 amide bonds. The van der Waals surface area contributed by atoms with Gasteiger partial charge < -0.3 is 9.72 Å². The van der Waals surface area contributed by atoms with Crippen LogP contribution in [0.25, 0.3) is 22.3 Å². The summed E-state index contributed by atoms with van der Waals surface area (Å²) >= 11 is 0. The first-order valence-electron chi connectivity index (χ1n) is 8.78. The van der Waals surface area contributed by atoms with Crippen molar-refractivity contribution >= 4 is 10.9 Å². The van der Waals surface area contributed by atoms with E-state index in [0.29, 0.717) is 33.6 Å². The van der Waals surface area contributed by atoms with Gasteiger partial charge in [-0.1, -0.05) is 36.4 Å². The first kappa shape index (κ1) is 18.7. The number of H-pyrrole nitrogens is 1. The van der Waals surface area contributed by atoms with Crippen LogP contribution in [0.3, 0.4) is 0 Å². The van der Waals surface area contributed by atoms with E-state index in [0.717, 1.165) is 12.1 Å². The van der Waals surface area contributed by atoms with E-state index in [4.69, 9.17) is 4.74 Å². The molecule has 0 atom stereocenters. The van der Waals surface area contributed by atoms with Crippen LogP contribution < -0.4 is 10.3 Å². The second-order valence-corrected chi connectivity index (χ2v) is 6.44. The van der Waals surface area contributed by atoms with Crippen molar-refractivity contribution in [2.24, 2.45) is 0 Å². The van der Waals surface area contributed by atoms with Crippen molar-refractivity contribution in [3.8, 4) is 17.1 Å². The minimum absolute atomic E-state index is 0.114. The largest absolute Gasteiger partial charge is 0.489 e. The predicted octanol–water partition coefficient (Wildman–Crippen LogP) is 5.19. The molecule has 146 valence electrons. The summed E-state index contributed by atoms with van der Waals surface area (Å²) in [6, 6.07) is 18.9. The molecule has 0 unspecified atom stereocenters. The van der Waals surface area contributed by atoms with Gasteiger partial charge >= 0.3 is 6.18 Å². The van der Waals surface area contributed by atoms with Crippen molar-refractivity contribution < 1.29 is 17.9 Å². The average Bonchev–Trinajstić information content (AvgIpc) is 2.72. The van der Waals surface area contributed by atoms with Crippen LogP contribution in [-0.2, 0) is 12.8 Å². The highest BCUT2D eigenvalue weighted by Gasteiger charge is 2.29. The molecule has 0 saturated heterocycles. The van der Waals surface area contributed by atoms with Crippen LogP contribution in [0, 0.1) is 0 Å². The zero-order valence-electron chi connectivity index (χ0n) is 15.0. The van der Waals surface area contributed by atoms with E-state index in [-0.39, 0.29) is 12.2 Å². The fraction of sp³-hybridized carbons (Fsp3) is 0.0909. The van der Waals surface area contributed by atoms with Crippen LogP contribution in [-0.4, -0.2) is 9.97 Å². The number of nitrogens with zero attached hydrogens (tertiary/aromatic N) is 1. The molecule has 4 rings (SSSR count). The SMILES string of the molecule is O=c1[nH]c(-c2cccc(OCc3ccc(C(F)(F)F)cc3)c2)nc2ccccc12. The van der Waals surface area contributed by atoms with Crippen LogP contribution in [0.5, 0.6) is 5.75 Å². The highest BCUT2D eigenvalue weighted by atomic mass is 19.4. The first-order valence-corrected chi connectivity index (χ1v) is 8.78. The van der Waals surface area contributed by atoms with E-state index >= 15 is 0 Å². The summed E-state index contributed by atoms with van der Waals surface area (Å²) in [7, 11) is 0. The molecule has 1 aromatic heterocycles. The lowest BCUT2D eigenvalue weighted by Gasteiger charge is -2.10. The summed E-state index contributed by atoms with van der Waals surface area (Å²) in [6.45, 7) is 0.114. The third-order valence-electron chi connectivity index (χ3n) is 4.41. The van der Waals surface area contributed by atoms with Crippen LogP contribution >= 0.6 is 0 Å². The lowest BCUT2D eigenvalue weighted by molar-refractivity contribution is -0.137. The van der Waals surface area contributed by atoms with Crippen LogP contribution in [0.1, 0.15) is 11.1 Å².